The van der Waals surface area contributed by atoms with Gasteiger partial charge in [0.2, 0.25) is 0 Å². The third-order valence-corrected chi connectivity index (χ3v) is 6.45. The van der Waals surface area contributed by atoms with Crippen LogP contribution in [0.25, 0.3) is 11.1 Å². The summed E-state index contributed by atoms with van der Waals surface area (Å²) >= 11 is 1.69. The fourth-order valence-corrected chi connectivity index (χ4v) is 4.16. The van der Waals surface area contributed by atoms with Crippen LogP contribution < -0.4 is 4.90 Å². The van der Waals surface area contributed by atoms with Crippen molar-refractivity contribution in [1.82, 2.24) is 0 Å². The lowest BCUT2D eigenvalue weighted by Gasteiger charge is -2.28. The molecular formula is C26H33NS. The van der Waals surface area contributed by atoms with E-state index in [1.807, 2.05) is 0 Å². The van der Waals surface area contributed by atoms with E-state index in [1.165, 1.54) is 44.1 Å². The van der Waals surface area contributed by atoms with Gasteiger partial charge in [-0.1, -0.05) is 89.7 Å². The van der Waals surface area contributed by atoms with Crippen LogP contribution in [0.15, 0.2) is 47.0 Å². The van der Waals surface area contributed by atoms with Gasteiger partial charge in [-0.15, -0.1) is 0 Å². The molecule has 0 fully saturated rings. The van der Waals surface area contributed by atoms with Crippen LogP contribution in [-0.4, -0.2) is 0 Å². The Morgan fingerprint density at radius 3 is 1.86 bits per heavy atom. The summed E-state index contributed by atoms with van der Waals surface area (Å²) in [5.41, 5.74) is 9.34. The molecule has 0 N–H and O–H groups in total. The quantitative estimate of drug-likeness (QED) is 0.509. The van der Waals surface area contributed by atoms with Gasteiger partial charge in [0, 0.05) is 16.2 Å². The highest BCUT2D eigenvalue weighted by atomic mass is 32.2. The van der Waals surface area contributed by atoms with Gasteiger partial charge in [-0.2, -0.15) is 0 Å². The maximum atomic E-state index is 3.49. The molecule has 0 amide bonds. The van der Waals surface area contributed by atoms with Crippen LogP contribution in [0.5, 0.6) is 0 Å². The average Bonchev–Trinajstić information content (AvgIpc) is 2.92. The monoisotopic (exact) mass is 391 g/mol. The van der Waals surface area contributed by atoms with Gasteiger partial charge >= 0.3 is 0 Å². The fourth-order valence-electron chi connectivity index (χ4n) is 3.47. The lowest BCUT2D eigenvalue weighted by molar-refractivity contribution is 0.569. The van der Waals surface area contributed by atoms with E-state index in [9.17, 15) is 0 Å². The van der Waals surface area contributed by atoms with Gasteiger partial charge in [0.25, 0.3) is 0 Å². The third kappa shape index (κ3) is 4.03. The second-order valence-electron chi connectivity index (χ2n) is 9.94. The molecule has 0 spiro atoms. The number of hydrogen-bond acceptors (Lipinski definition) is 2. The Bertz CT molecular complexity index is 890. The molecule has 1 aliphatic heterocycles. The number of para-hydroxylation sites is 1. The Morgan fingerprint density at radius 1 is 0.821 bits per heavy atom. The molecule has 0 saturated heterocycles. The van der Waals surface area contributed by atoms with Crippen molar-refractivity contribution in [1.29, 1.82) is 0 Å². The van der Waals surface area contributed by atoms with Gasteiger partial charge < -0.3 is 4.90 Å². The highest BCUT2D eigenvalue weighted by molar-refractivity contribution is 8.05. The third-order valence-electron chi connectivity index (χ3n) is 5.57. The molecule has 0 aliphatic carbocycles. The van der Waals surface area contributed by atoms with E-state index in [0.717, 1.165) is 0 Å². The fraction of sp³-hybridized carbons (Fsp3) is 0.423. The highest BCUT2D eigenvalue weighted by Gasteiger charge is 2.26. The minimum Gasteiger partial charge on any atom is -0.322 e. The molecule has 1 nitrogen and oxygen atoms in total. The van der Waals surface area contributed by atoms with Crippen molar-refractivity contribution < 1.29 is 0 Å². The summed E-state index contributed by atoms with van der Waals surface area (Å²) in [4.78, 5) is 3.55. The van der Waals surface area contributed by atoms with Crippen LogP contribution >= 0.6 is 11.8 Å². The molecule has 2 radical (unpaired) electrons. The topological polar surface area (TPSA) is 3.24 Å². The second kappa shape index (κ2) is 7.30. The zero-order valence-electron chi connectivity index (χ0n) is 18.8. The zero-order chi connectivity index (χ0) is 20.9. The van der Waals surface area contributed by atoms with Crippen LogP contribution in [0, 0.1) is 12.8 Å². The van der Waals surface area contributed by atoms with E-state index in [-0.39, 0.29) is 10.8 Å². The van der Waals surface area contributed by atoms with E-state index in [2.05, 4.69) is 109 Å². The first kappa shape index (κ1) is 21.0. The van der Waals surface area contributed by atoms with Crippen molar-refractivity contribution >= 4 is 17.4 Å². The number of benzene rings is 2. The Morgan fingerprint density at radius 2 is 1.39 bits per heavy atom. The van der Waals surface area contributed by atoms with Crippen LogP contribution in [-0.2, 0) is 10.8 Å². The van der Waals surface area contributed by atoms with E-state index in [1.54, 1.807) is 11.8 Å². The molecule has 3 rings (SSSR count). The van der Waals surface area contributed by atoms with Crippen molar-refractivity contribution in [2.24, 2.45) is 0 Å². The standard InChI is InChI=1S/C26H33NS/c1-17-11-10-12-23(24(17)27-16-28-19(3)18(27)2)20-13-21(25(4,5)6)15-22(14-20)26(7,8)9/h10-15H,1-9H3. The molecule has 0 aromatic heterocycles. The number of thioether (sulfide) groups is 1. The van der Waals surface area contributed by atoms with E-state index < -0.39 is 0 Å². The molecule has 0 saturated carbocycles. The predicted molar refractivity (Wildman–Crippen MR) is 126 cm³/mol. The van der Waals surface area contributed by atoms with E-state index in [0.29, 0.717) is 0 Å². The minimum atomic E-state index is 0.105. The first-order valence-corrected chi connectivity index (χ1v) is 10.9. The van der Waals surface area contributed by atoms with Gasteiger partial charge in [0.1, 0.15) is 0 Å². The van der Waals surface area contributed by atoms with Crippen LogP contribution in [0.2, 0.25) is 0 Å². The van der Waals surface area contributed by atoms with Crippen molar-refractivity contribution in [3.63, 3.8) is 0 Å². The molecule has 0 atom stereocenters. The maximum Gasteiger partial charge on any atom is 0.168 e. The van der Waals surface area contributed by atoms with Gasteiger partial charge in [-0.05, 0) is 53.9 Å². The van der Waals surface area contributed by atoms with Crippen molar-refractivity contribution in [3.05, 3.63) is 69.6 Å². The highest BCUT2D eigenvalue weighted by Crippen LogP contribution is 2.45. The Balaban J connectivity index is 2.26. The summed E-state index contributed by atoms with van der Waals surface area (Å²) in [6.07, 6.45) is 0. The Hall–Kier alpha value is -1.67. The molecule has 148 valence electrons. The number of anilines is 1. The molecule has 0 bridgehead atoms. The first-order valence-electron chi connectivity index (χ1n) is 10.1. The Kier molecular flexibility index (Phi) is 5.49. The molecule has 1 heterocycles. The van der Waals surface area contributed by atoms with Crippen LogP contribution in [0.1, 0.15) is 72.1 Å². The number of allylic oxidation sites excluding steroid dienone is 2. The largest absolute Gasteiger partial charge is 0.322 e. The van der Waals surface area contributed by atoms with Gasteiger partial charge in [-0.3, -0.25) is 0 Å². The van der Waals surface area contributed by atoms with Gasteiger partial charge in [-0.25, -0.2) is 0 Å². The zero-order valence-corrected chi connectivity index (χ0v) is 19.6. The number of rotatable bonds is 2. The van der Waals surface area contributed by atoms with Gasteiger partial charge in [0.15, 0.2) is 5.88 Å². The van der Waals surface area contributed by atoms with Crippen molar-refractivity contribution in [2.45, 2.75) is 73.1 Å². The number of hydrogen-bond donors (Lipinski definition) is 0. The smallest absolute Gasteiger partial charge is 0.168 e. The summed E-state index contributed by atoms with van der Waals surface area (Å²) in [5.74, 6) is 3.49. The molecule has 0 unspecified atom stereocenters. The number of aryl methyl sites for hydroxylation is 1. The average molecular weight is 392 g/mol. The molecule has 28 heavy (non-hydrogen) atoms. The molecule has 2 aromatic rings. The van der Waals surface area contributed by atoms with Crippen LogP contribution in [0.4, 0.5) is 5.69 Å². The SMILES string of the molecule is CC1=C(C)N(c2c(C)cccc2-c2cc(C(C)(C)C)cc(C(C)(C)C)c2)[C]S1. The second-order valence-corrected chi connectivity index (χ2v) is 10.9. The Labute approximate surface area is 176 Å². The van der Waals surface area contributed by atoms with Crippen LogP contribution in [0.3, 0.4) is 0 Å². The summed E-state index contributed by atoms with van der Waals surface area (Å²) in [7, 11) is 0. The molecule has 1 aliphatic rings. The summed E-state index contributed by atoms with van der Waals surface area (Å²) in [6, 6.07) is 13.8. The maximum absolute atomic E-state index is 3.49. The molecular weight excluding hydrogens is 358 g/mol. The van der Waals surface area contributed by atoms with E-state index in [4.69, 9.17) is 0 Å². The summed E-state index contributed by atoms with van der Waals surface area (Å²) in [6.45, 7) is 20.3. The minimum absolute atomic E-state index is 0.105. The van der Waals surface area contributed by atoms with E-state index >= 15 is 0 Å². The first-order chi connectivity index (χ1) is 12.9. The number of nitrogens with zero attached hydrogens (tertiary/aromatic N) is 1. The normalized spacial score (nSPS) is 15.5. The summed E-state index contributed by atoms with van der Waals surface area (Å²) in [5, 5.41) is 0. The summed E-state index contributed by atoms with van der Waals surface area (Å²) < 4.78 is 0. The lowest BCUT2D eigenvalue weighted by Crippen LogP contribution is -2.17. The lowest BCUT2D eigenvalue weighted by atomic mass is 9.78. The molecule has 2 heteroatoms. The van der Waals surface area contributed by atoms with Gasteiger partial charge in [0.05, 0.1) is 5.69 Å². The van der Waals surface area contributed by atoms with Crippen molar-refractivity contribution in [3.8, 4) is 11.1 Å². The molecule has 2 aromatic carbocycles. The predicted octanol–water partition coefficient (Wildman–Crippen LogP) is 8.06. The van der Waals surface area contributed by atoms with Crippen molar-refractivity contribution in [2.75, 3.05) is 4.90 Å².